The summed E-state index contributed by atoms with van der Waals surface area (Å²) in [5, 5.41) is 16.7. The van der Waals surface area contributed by atoms with E-state index in [2.05, 4.69) is 500 Å². The molecule has 0 spiro atoms. The molecule has 0 atom stereocenters. The van der Waals surface area contributed by atoms with Crippen LogP contribution in [0.5, 0.6) is 5.75 Å². The molecule has 0 fully saturated rings. The van der Waals surface area contributed by atoms with Crippen molar-refractivity contribution in [2.24, 2.45) is 0 Å². The number of anilines is 6. The van der Waals surface area contributed by atoms with E-state index < -0.39 is 0 Å². The molecule has 26 rings (SSSR count). The number of halogens is 1. The van der Waals surface area contributed by atoms with Crippen molar-refractivity contribution < 1.29 is 9.68 Å². The van der Waals surface area contributed by atoms with Gasteiger partial charge in [-0.05, 0) is 300 Å². The maximum atomic E-state index is 9.12. The monoisotopic (exact) mass is 1790 g/mol. The molecular formula is C124H95BBrN6O2. The summed E-state index contributed by atoms with van der Waals surface area (Å²) in [6, 6.07) is 150. The topological polar surface area (TPSA) is 55.7 Å². The molecule has 4 aliphatic rings. The number of aromatic nitrogens is 4. The largest absolute Gasteiger partial charge is 0.569 e. The molecule has 4 heterocycles. The minimum atomic E-state index is -0.114. The van der Waals surface area contributed by atoms with Crippen LogP contribution in [0.15, 0.2) is 429 Å². The summed E-state index contributed by atoms with van der Waals surface area (Å²) in [6.07, 6.45) is 4.38. The van der Waals surface area contributed by atoms with E-state index in [0.29, 0.717) is 13.4 Å². The molecule has 22 aromatic rings. The van der Waals surface area contributed by atoms with E-state index in [1.165, 1.54) is 177 Å². The first kappa shape index (κ1) is 81.8. The van der Waals surface area contributed by atoms with Crippen molar-refractivity contribution in [1.29, 1.82) is 0 Å². The molecule has 0 bridgehead atoms. The van der Waals surface area contributed by atoms with Crippen LogP contribution in [0.3, 0.4) is 0 Å². The van der Waals surface area contributed by atoms with Gasteiger partial charge in [0.2, 0.25) is 0 Å². The lowest BCUT2D eigenvalue weighted by Crippen LogP contribution is -2.18. The minimum absolute atomic E-state index is 0.0934. The molecule has 18 aromatic carbocycles. The number of rotatable bonds is 13. The first-order valence-corrected chi connectivity index (χ1v) is 47.1. The second kappa shape index (κ2) is 31.7. The second-order valence-electron chi connectivity index (χ2n) is 38.1. The molecule has 0 unspecified atom stereocenters. The zero-order chi connectivity index (χ0) is 90.6. The Labute approximate surface area is 790 Å². The van der Waals surface area contributed by atoms with Crippen LogP contribution in [0, 0.1) is 0 Å². The van der Waals surface area contributed by atoms with Gasteiger partial charge in [-0.15, -0.1) is 0 Å². The molecule has 643 valence electrons. The van der Waals surface area contributed by atoms with E-state index in [4.69, 9.17) is 9.68 Å². The Morgan fingerprint density at radius 3 is 0.903 bits per heavy atom. The van der Waals surface area contributed by atoms with Gasteiger partial charge in [0, 0.05) is 128 Å². The maximum Gasteiger partial charge on any atom is 0.569 e. The highest BCUT2D eigenvalue weighted by Crippen LogP contribution is 2.57. The molecule has 0 saturated carbocycles. The Bertz CT molecular complexity index is 8240. The van der Waals surface area contributed by atoms with E-state index in [1.54, 1.807) is 0 Å². The Balaban J connectivity index is 0.000000121. The van der Waals surface area contributed by atoms with Gasteiger partial charge in [-0.25, -0.2) is 0 Å². The smallest absolute Gasteiger partial charge is 0.537 e. The van der Waals surface area contributed by atoms with Crippen LogP contribution in [0.25, 0.3) is 144 Å². The predicted octanol–water partition coefficient (Wildman–Crippen LogP) is 32.6. The van der Waals surface area contributed by atoms with Crippen LogP contribution in [-0.2, 0) is 21.7 Å². The van der Waals surface area contributed by atoms with Gasteiger partial charge >= 0.3 is 7.69 Å². The first-order valence-electron chi connectivity index (χ1n) is 46.3. The highest BCUT2D eigenvalue weighted by Gasteiger charge is 2.41. The van der Waals surface area contributed by atoms with Crippen molar-refractivity contribution in [3.8, 4) is 84.1 Å². The molecule has 8 nitrogen and oxygen atoms in total. The zero-order valence-corrected chi connectivity index (χ0v) is 77.5. The van der Waals surface area contributed by atoms with Crippen molar-refractivity contribution >= 4 is 123 Å². The normalized spacial score (nSPS) is 13.8. The van der Waals surface area contributed by atoms with Gasteiger partial charge in [-0.1, -0.05) is 284 Å². The summed E-state index contributed by atoms with van der Waals surface area (Å²) in [6.45, 7) is 18.7. The number of nitrogens with zero attached hydrogens (tertiary/aromatic N) is 6. The van der Waals surface area contributed by atoms with Crippen LogP contribution in [0.4, 0.5) is 34.1 Å². The second-order valence-corrected chi connectivity index (χ2v) is 39.0. The third-order valence-electron chi connectivity index (χ3n) is 29.3. The molecule has 134 heavy (non-hydrogen) atoms. The SMILES string of the molecule is Brc1ccc2c(c1)c1c3ccn(-c4ccccc4)c3ccc1n2-c1ccccc1.CC1(C)c2ccccc2-c2ccc(N(c3ccc(-c4ccc5c(c4)c4c6ccn(-c7ccccc7)c6ccc4n5-c4ccccc4)cc3)c3ccc4c(c3)C(C)(C)c3ccccc3-4)cc21.CC1(C)c2ccccc2-c2ccc(N(c3ccc(O[B]O)cc3)c3ccc4c(c3)C(C)(C)c3ccccc3-4)cc21. The zero-order valence-electron chi connectivity index (χ0n) is 75.9. The molecule has 4 aliphatic carbocycles. The van der Waals surface area contributed by atoms with Gasteiger partial charge in [0.25, 0.3) is 0 Å². The lowest BCUT2D eigenvalue weighted by molar-refractivity contribution is 0.454. The molecular weight excluding hydrogens is 1700 g/mol. The number of fused-ring (bicyclic) bond motifs is 22. The molecule has 0 saturated heterocycles. The van der Waals surface area contributed by atoms with Gasteiger partial charge in [-0.3, -0.25) is 0 Å². The van der Waals surface area contributed by atoms with Crippen molar-refractivity contribution in [3.63, 3.8) is 0 Å². The van der Waals surface area contributed by atoms with E-state index in [1.807, 2.05) is 24.3 Å². The van der Waals surface area contributed by atoms with E-state index in [9.17, 15) is 0 Å². The Kier molecular flexibility index (Phi) is 19.3. The first-order chi connectivity index (χ1) is 65.4. The van der Waals surface area contributed by atoms with Gasteiger partial charge in [0.1, 0.15) is 5.75 Å². The van der Waals surface area contributed by atoms with Gasteiger partial charge in [0.05, 0.1) is 33.1 Å². The number of para-hydroxylation sites is 4. The highest BCUT2D eigenvalue weighted by atomic mass is 79.9. The predicted molar refractivity (Wildman–Crippen MR) is 563 cm³/mol. The van der Waals surface area contributed by atoms with Crippen molar-refractivity contribution in [2.75, 3.05) is 9.80 Å². The van der Waals surface area contributed by atoms with Gasteiger partial charge < -0.3 is 37.7 Å². The van der Waals surface area contributed by atoms with Crippen LogP contribution in [0.1, 0.15) is 99.9 Å². The third-order valence-corrected chi connectivity index (χ3v) is 29.8. The van der Waals surface area contributed by atoms with Gasteiger partial charge in [-0.2, -0.15) is 0 Å². The number of hydrogen-bond acceptors (Lipinski definition) is 4. The molecule has 0 amide bonds. The minimum Gasteiger partial charge on any atom is -0.537 e. The highest BCUT2D eigenvalue weighted by molar-refractivity contribution is 9.10. The summed E-state index contributed by atoms with van der Waals surface area (Å²) in [7, 11) is 0.716. The van der Waals surface area contributed by atoms with E-state index >= 15 is 0 Å². The Morgan fingerprint density at radius 2 is 0.537 bits per heavy atom. The van der Waals surface area contributed by atoms with Crippen molar-refractivity contribution in [1.82, 2.24) is 18.3 Å². The standard InChI is InChI=1S/C62H47N3.C36H31BNO2.C26H17BrN2/c1-61(2)53-21-13-11-19-47(53)49-30-28-45(38-55(49)61)64(46-29-31-50-48-20-12-14-22-54(48)62(3,4)56(50)39-46)44-26-23-40(24-27-44)41-25-32-58-52(37-41)60-51-35-36-63(42-15-7-5-8-16-42)57(51)33-34-59(60)65(58)43-17-9-6-10-18-43;1-35(2)31-11-7-5-9-27(31)29-19-15-24(21-33(29)35)38(23-13-17-26(18-14-23)40-37-39)25-16-20-30-28-10-6-8-12-32(28)36(3,4)34(30)22-25;27-18-11-12-24-22(17-18)26-21-15-16-28(19-7-3-1-4-8-19)23(21)13-14-25(26)29(24)20-9-5-2-6-10-20/h5-39H,1-4H3;5-22,39H,1-4H3;1-17H. The van der Waals surface area contributed by atoms with Crippen LogP contribution in [0.2, 0.25) is 0 Å². The average molecular weight is 1790 g/mol. The molecule has 0 aliphatic heterocycles. The third kappa shape index (κ3) is 13.0. The molecule has 1 radical (unpaired) electrons. The fraction of sp³-hybridized carbons (Fsp3) is 0.0968. The summed E-state index contributed by atoms with van der Waals surface area (Å²) in [5.41, 5.74) is 42.0. The molecule has 1 N–H and O–H groups in total. The number of hydrogen-bond donors (Lipinski definition) is 1. The van der Waals surface area contributed by atoms with Crippen LogP contribution in [-0.4, -0.2) is 31.0 Å². The summed E-state index contributed by atoms with van der Waals surface area (Å²) < 4.78 is 15.6. The summed E-state index contributed by atoms with van der Waals surface area (Å²) in [4.78, 5) is 4.79. The van der Waals surface area contributed by atoms with Crippen molar-refractivity contribution in [2.45, 2.75) is 77.0 Å². The molecule has 10 heteroatoms. The molecule has 4 aromatic heterocycles. The van der Waals surface area contributed by atoms with E-state index in [-0.39, 0.29) is 21.7 Å². The maximum absolute atomic E-state index is 9.12. The Hall–Kier alpha value is -15.5. The average Bonchev–Trinajstić information content (AvgIpc) is 1.59. The fourth-order valence-electron chi connectivity index (χ4n) is 22.7. The Morgan fingerprint density at radius 1 is 0.246 bits per heavy atom. The van der Waals surface area contributed by atoms with Gasteiger partial charge in [0.15, 0.2) is 0 Å². The number of benzene rings is 18. The van der Waals surface area contributed by atoms with Crippen molar-refractivity contribution in [3.05, 3.63) is 474 Å². The summed E-state index contributed by atoms with van der Waals surface area (Å²) in [5.74, 6) is 0.585. The van der Waals surface area contributed by atoms with Crippen LogP contribution >= 0.6 is 15.9 Å². The lowest BCUT2D eigenvalue weighted by Gasteiger charge is -2.30. The fourth-order valence-corrected chi connectivity index (χ4v) is 23.1. The lowest BCUT2D eigenvalue weighted by atomic mass is 9.82. The quantitative estimate of drug-likeness (QED) is 0.117. The summed E-state index contributed by atoms with van der Waals surface area (Å²) >= 11 is 3.68. The van der Waals surface area contributed by atoms with E-state index in [0.717, 1.165) is 50.0 Å². The van der Waals surface area contributed by atoms with Crippen LogP contribution < -0.4 is 14.5 Å².